The van der Waals surface area contributed by atoms with E-state index >= 15 is 0 Å². The van der Waals surface area contributed by atoms with Crippen LogP contribution in [0.2, 0.25) is 0 Å². The van der Waals surface area contributed by atoms with E-state index in [4.69, 9.17) is 4.74 Å². The number of rotatable bonds is 7. The van der Waals surface area contributed by atoms with Crippen LogP contribution in [0.25, 0.3) is 11.0 Å². The zero-order valence-electron chi connectivity index (χ0n) is 17.4. The van der Waals surface area contributed by atoms with E-state index in [1.54, 1.807) is 29.2 Å². The Labute approximate surface area is 185 Å². The molecule has 1 fully saturated rings. The lowest BCUT2D eigenvalue weighted by Gasteiger charge is -2.18. The van der Waals surface area contributed by atoms with Crippen molar-refractivity contribution in [1.82, 2.24) is 19.2 Å². The molecule has 0 radical (unpaired) electrons. The molecule has 0 aliphatic carbocycles. The molecule has 1 aromatic heterocycles. The van der Waals surface area contributed by atoms with Crippen LogP contribution in [0.5, 0.6) is 5.75 Å². The number of hydrogen-bond acceptors (Lipinski definition) is 6. The van der Waals surface area contributed by atoms with E-state index in [-0.39, 0.29) is 29.8 Å². The Hall–Kier alpha value is -2.56. The second-order valence-corrected chi connectivity index (χ2v) is 10.1. The maximum Gasteiger partial charge on any atom is 0.244 e. The van der Waals surface area contributed by atoms with Crippen molar-refractivity contribution in [2.45, 2.75) is 23.9 Å². The highest BCUT2D eigenvalue weighted by Crippen LogP contribution is 2.25. The lowest BCUT2D eigenvalue weighted by Crippen LogP contribution is -2.34. The number of H-pyrrole nitrogens is 1. The van der Waals surface area contributed by atoms with Crippen molar-refractivity contribution in [2.75, 3.05) is 32.1 Å². The molecule has 2 heterocycles. The minimum Gasteiger partial charge on any atom is -0.494 e. The summed E-state index contributed by atoms with van der Waals surface area (Å²) < 4.78 is 32.5. The first-order valence-electron chi connectivity index (χ1n) is 9.97. The Morgan fingerprint density at radius 1 is 1.19 bits per heavy atom. The van der Waals surface area contributed by atoms with Gasteiger partial charge in [-0.05, 0) is 38.1 Å². The van der Waals surface area contributed by atoms with Crippen molar-refractivity contribution in [1.29, 1.82) is 0 Å². The third kappa shape index (κ3) is 4.70. The molecular weight excluding hydrogens is 436 g/mol. The number of benzene rings is 2. The van der Waals surface area contributed by atoms with Gasteiger partial charge in [-0.25, -0.2) is 13.4 Å². The van der Waals surface area contributed by atoms with Crippen molar-refractivity contribution in [2.24, 2.45) is 0 Å². The van der Waals surface area contributed by atoms with Gasteiger partial charge in [0, 0.05) is 19.2 Å². The first-order valence-corrected chi connectivity index (χ1v) is 12.4. The van der Waals surface area contributed by atoms with Gasteiger partial charge in [-0.3, -0.25) is 4.79 Å². The van der Waals surface area contributed by atoms with Crippen LogP contribution in [0.4, 0.5) is 0 Å². The molecule has 1 N–H and O–H groups in total. The Morgan fingerprint density at radius 2 is 1.97 bits per heavy atom. The number of hydrogen-bond donors (Lipinski definition) is 1. The summed E-state index contributed by atoms with van der Waals surface area (Å²) in [4.78, 5) is 22.1. The average molecular weight is 461 g/mol. The second kappa shape index (κ2) is 8.89. The van der Waals surface area contributed by atoms with Crippen molar-refractivity contribution in [3.8, 4) is 5.75 Å². The fraction of sp³-hybridized carbons (Fsp3) is 0.333. The van der Waals surface area contributed by atoms with Gasteiger partial charge in [0.25, 0.3) is 0 Å². The summed E-state index contributed by atoms with van der Waals surface area (Å²) in [6.07, 6.45) is 0. The lowest BCUT2D eigenvalue weighted by molar-refractivity contribution is -0.127. The number of imidazole rings is 1. The lowest BCUT2D eigenvalue weighted by atomic mass is 10.2. The number of thioether (sulfide) groups is 1. The zero-order valence-corrected chi connectivity index (χ0v) is 19.0. The smallest absolute Gasteiger partial charge is 0.244 e. The second-order valence-electron chi connectivity index (χ2n) is 7.23. The highest BCUT2D eigenvalue weighted by Gasteiger charge is 2.33. The molecule has 1 amide bonds. The molecule has 31 heavy (non-hydrogen) atoms. The first-order chi connectivity index (χ1) is 14.9. The Bertz CT molecular complexity index is 1190. The molecule has 0 saturated carbocycles. The number of nitrogens with one attached hydrogen (secondary N) is 1. The number of nitrogens with zero attached hydrogens (tertiary/aromatic N) is 3. The Morgan fingerprint density at radius 3 is 2.71 bits per heavy atom. The number of carbonyl (C=O) groups excluding carboxylic acids is 1. The summed E-state index contributed by atoms with van der Waals surface area (Å²) in [5, 5.41) is 0.639. The van der Waals surface area contributed by atoms with E-state index in [9.17, 15) is 13.2 Å². The quantitative estimate of drug-likeness (QED) is 0.545. The van der Waals surface area contributed by atoms with Gasteiger partial charge in [-0.1, -0.05) is 29.5 Å². The van der Waals surface area contributed by atoms with Gasteiger partial charge in [0.05, 0.1) is 35.0 Å². The number of aromatic amines is 1. The summed E-state index contributed by atoms with van der Waals surface area (Å²) in [6, 6.07) is 12.4. The van der Waals surface area contributed by atoms with Gasteiger partial charge >= 0.3 is 0 Å². The fourth-order valence-corrected chi connectivity index (χ4v) is 5.51. The van der Waals surface area contributed by atoms with Crippen LogP contribution in [0, 0.1) is 6.92 Å². The van der Waals surface area contributed by atoms with Gasteiger partial charge in [0.15, 0.2) is 5.16 Å². The third-order valence-electron chi connectivity index (χ3n) is 5.03. The van der Waals surface area contributed by atoms with E-state index in [2.05, 4.69) is 9.97 Å². The Balaban J connectivity index is 1.36. The van der Waals surface area contributed by atoms with Crippen LogP contribution in [0.3, 0.4) is 0 Å². The van der Waals surface area contributed by atoms with Crippen LogP contribution in [0.1, 0.15) is 12.5 Å². The van der Waals surface area contributed by atoms with Gasteiger partial charge in [0.1, 0.15) is 5.75 Å². The third-order valence-corrected chi connectivity index (χ3v) is 7.74. The van der Waals surface area contributed by atoms with Gasteiger partial charge < -0.3 is 14.6 Å². The minimum absolute atomic E-state index is 0.0629. The van der Waals surface area contributed by atoms with E-state index < -0.39 is 10.0 Å². The number of aromatic nitrogens is 2. The zero-order chi connectivity index (χ0) is 22.0. The van der Waals surface area contributed by atoms with Crippen molar-refractivity contribution >= 4 is 38.7 Å². The number of sulfonamides is 1. The predicted molar refractivity (Wildman–Crippen MR) is 120 cm³/mol. The first kappa shape index (κ1) is 21.7. The molecule has 3 aromatic rings. The number of aryl methyl sites for hydroxylation is 1. The van der Waals surface area contributed by atoms with Crippen molar-refractivity contribution in [3.05, 3.63) is 48.0 Å². The van der Waals surface area contributed by atoms with Crippen molar-refractivity contribution < 1.29 is 17.9 Å². The van der Waals surface area contributed by atoms with E-state index in [0.717, 1.165) is 22.3 Å². The van der Waals surface area contributed by atoms with Crippen LogP contribution < -0.4 is 4.74 Å². The highest BCUT2D eigenvalue weighted by atomic mass is 32.2. The van der Waals surface area contributed by atoms with Crippen LogP contribution in [-0.2, 0) is 14.8 Å². The maximum absolute atomic E-state index is 12.8. The summed E-state index contributed by atoms with van der Waals surface area (Å²) in [5.41, 5.74) is 2.64. The van der Waals surface area contributed by atoms with Gasteiger partial charge in [0.2, 0.25) is 15.9 Å². The van der Waals surface area contributed by atoms with Gasteiger partial charge in [-0.15, -0.1) is 0 Å². The topological polar surface area (TPSA) is 95.6 Å². The molecule has 4 rings (SSSR count). The molecule has 1 saturated heterocycles. The molecule has 0 atom stereocenters. The number of amides is 1. The Kier molecular flexibility index (Phi) is 6.22. The molecule has 10 heteroatoms. The molecule has 0 bridgehead atoms. The van der Waals surface area contributed by atoms with E-state index in [1.165, 1.54) is 16.1 Å². The highest BCUT2D eigenvalue weighted by molar-refractivity contribution is 7.99. The van der Waals surface area contributed by atoms with Crippen LogP contribution in [-0.4, -0.2) is 65.6 Å². The summed E-state index contributed by atoms with van der Waals surface area (Å²) in [6.45, 7) is 5.15. The summed E-state index contributed by atoms with van der Waals surface area (Å²) in [5.74, 6) is 0.816. The largest absolute Gasteiger partial charge is 0.494 e. The molecule has 1 aliphatic heterocycles. The predicted octanol–water partition coefficient (Wildman–Crippen LogP) is 2.85. The summed E-state index contributed by atoms with van der Waals surface area (Å²) >= 11 is 1.30. The monoisotopic (exact) mass is 460 g/mol. The molecule has 0 spiro atoms. The SMILES string of the molecule is CCOc1ccc2nc(SCC(=O)N3CCN(S(=O)(=O)c4ccc(C)cc4)C3)[nH]c2c1. The minimum atomic E-state index is -3.61. The van der Waals surface area contributed by atoms with Gasteiger partial charge in [-0.2, -0.15) is 4.31 Å². The molecular formula is C21H24N4O4S2. The normalized spacial score (nSPS) is 15.0. The van der Waals surface area contributed by atoms with Crippen molar-refractivity contribution in [3.63, 3.8) is 0 Å². The molecule has 8 nitrogen and oxygen atoms in total. The molecule has 0 unspecified atom stereocenters. The number of ether oxygens (including phenoxy) is 1. The fourth-order valence-electron chi connectivity index (χ4n) is 3.33. The maximum atomic E-state index is 12.8. The summed E-state index contributed by atoms with van der Waals surface area (Å²) in [7, 11) is -3.61. The molecule has 2 aromatic carbocycles. The molecule has 1 aliphatic rings. The van der Waals surface area contributed by atoms with Crippen LogP contribution >= 0.6 is 11.8 Å². The average Bonchev–Trinajstić information content (AvgIpc) is 3.40. The number of fused-ring (bicyclic) bond motifs is 1. The standard InChI is InChI=1S/C21H24N4O4S2/c1-3-29-16-6-9-18-19(12-16)23-21(22-18)30-13-20(26)24-10-11-25(14-24)31(27,28)17-7-4-15(2)5-8-17/h4-9,12H,3,10-11,13-14H2,1-2H3,(H,22,23). The molecule has 164 valence electrons. The number of carbonyl (C=O) groups is 1. The van der Waals surface area contributed by atoms with Crippen LogP contribution in [0.15, 0.2) is 52.5 Å². The van der Waals surface area contributed by atoms with E-state index in [1.807, 2.05) is 32.0 Å². The van der Waals surface area contributed by atoms with E-state index in [0.29, 0.717) is 18.3 Å².